The Kier molecular flexibility index (Phi) is 9.49. The van der Waals surface area contributed by atoms with Gasteiger partial charge in [0.15, 0.2) is 0 Å². The molecular formula is C26H25ClF6N4O3. The number of rotatable bonds is 9. The van der Waals surface area contributed by atoms with Crippen molar-refractivity contribution in [3.63, 3.8) is 0 Å². The molecule has 0 bridgehead atoms. The third-order valence-electron chi connectivity index (χ3n) is 6.44. The summed E-state index contributed by atoms with van der Waals surface area (Å²) in [6.45, 7) is 0.727. The topological polar surface area (TPSA) is 114 Å². The number of alkyl halides is 6. The standard InChI is InChI=1S/C26H25ClF6N4O3/c1-13(26(31,32)33)12-17(21(34)38)15(10-11-25(28,29)30)23(39)37-22-24(40)36-20-16(8-5-9-18(20)27)19(35-22)14-6-3-2-4-7-14/h2-9,13,15,17,22H,10-12H2,1H3,(H2,34,38)(H,36,40)(H,37,39)/t13-,15+,17-,22+/m0/s1. The van der Waals surface area contributed by atoms with Gasteiger partial charge in [0, 0.05) is 29.4 Å². The van der Waals surface area contributed by atoms with Crippen LogP contribution in [0.5, 0.6) is 0 Å². The first-order valence-electron chi connectivity index (χ1n) is 12.0. The van der Waals surface area contributed by atoms with E-state index in [0.717, 1.165) is 6.92 Å². The summed E-state index contributed by atoms with van der Waals surface area (Å²) in [6, 6.07) is 13.1. The number of carbonyl (C=O) groups excluding carboxylic acids is 3. The lowest BCUT2D eigenvalue weighted by Crippen LogP contribution is -2.48. The van der Waals surface area contributed by atoms with Gasteiger partial charge in [0.05, 0.1) is 22.3 Å². The SMILES string of the molecule is C[C@@H](C[C@H](C(N)=O)[C@@H](CCC(F)(F)F)C(=O)N[C@H]1N=C(c2ccccc2)c2cccc(Cl)c2NC1=O)C(F)(F)F. The van der Waals surface area contributed by atoms with E-state index in [9.17, 15) is 40.7 Å². The molecule has 0 aromatic heterocycles. The van der Waals surface area contributed by atoms with Gasteiger partial charge in [-0.25, -0.2) is 4.99 Å². The Morgan fingerprint density at radius 1 is 1.05 bits per heavy atom. The van der Waals surface area contributed by atoms with E-state index in [1.165, 1.54) is 6.07 Å². The van der Waals surface area contributed by atoms with Crippen molar-refractivity contribution in [1.29, 1.82) is 0 Å². The normalized spacial score (nSPS) is 17.9. The lowest BCUT2D eigenvalue weighted by molar-refractivity contribution is -0.177. The second-order valence-electron chi connectivity index (χ2n) is 9.35. The fourth-order valence-electron chi connectivity index (χ4n) is 4.29. The van der Waals surface area contributed by atoms with Crippen LogP contribution in [0.3, 0.4) is 0 Å². The number of halogens is 7. The number of primary amides is 1. The van der Waals surface area contributed by atoms with Crippen molar-refractivity contribution in [3.05, 3.63) is 64.7 Å². The largest absolute Gasteiger partial charge is 0.391 e. The predicted octanol–water partition coefficient (Wildman–Crippen LogP) is 5.22. The summed E-state index contributed by atoms with van der Waals surface area (Å²) >= 11 is 6.28. The lowest BCUT2D eigenvalue weighted by Gasteiger charge is -2.28. The summed E-state index contributed by atoms with van der Waals surface area (Å²) in [5, 5.41) is 4.87. The number of nitrogens with one attached hydrogen (secondary N) is 2. The van der Waals surface area contributed by atoms with Gasteiger partial charge in [-0.2, -0.15) is 26.3 Å². The molecule has 0 spiro atoms. The van der Waals surface area contributed by atoms with Crippen LogP contribution in [0.25, 0.3) is 0 Å². The predicted molar refractivity (Wildman–Crippen MR) is 135 cm³/mol. The number of carbonyl (C=O) groups is 3. The van der Waals surface area contributed by atoms with Crippen LogP contribution in [0.15, 0.2) is 53.5 Å². The molecule has 40 heavy (non-hydrogen) atoms. The Balaban J connectivity index is 2.01. The van der Waals surface area contributed by atoms with Crippen LogP contribution in [-0.2, 0) is 14.4 Å². The first-order chi connectivity index (χ1) is 18.6. The summed E-state index contributed by atoms with van der Waals surface area (Å²) in [6.07, 6.45) is -14.9. The highest BCUT2D eigenvalue weighted by atomic mass is 35.5. The molecule has 0 saturated carbocycles. The Hall–Kier alpha value is -3.61. The van der Waals surface area contributed by atoms with E-state index < -0.39 is 73.3 Å². The van der Waals surface area contributed by atoms with E-state index >= 15 is 0 Å². The second kappa shape index (κ2) is 12.3. The molecule has 0 fully saturated rings. The molecule has 2 aromatic rings. The molecular weight excluding hydrogens is 566 g/mol. The Bertz CT molecular complexity index is 1280. The number of fused-ring (bicyclic) bond motifs is 1. The van der Waals surface area contributed by atoms with Crippen molar-refractivity contribution in [2.75, 3.05) is 5.32 Å². The third kappa shape index (κ3) is 7.74. The van der Waals surface area contributed by atoms with Crippen molar-refractivity contribution >= 4 is 40.7 Å². The number of anilines is 1. The van der Waals surface area contributed by atoms with Gasteiger partial charge in [-0.3, -0.25) is 14.4 Å². The zero-order valence-electron chi connectivity index (χ0n) is 20.9. The van der Waals surface area contributed by atoms with Gasteiger partial charge < -0.3 is 16.4 Å². The van der Waals surface area contributed by atoms with Gasteiger partial charge in [0.2, 0.25) is 18.0 Å². The maximum Gasteiger partial charge on any atom is 0.391 e. The number of benzene rings is 2. The molecule has 0 aliphatic carbocycles. The smallest absolute Gasteiger partial charge is 0.369 e. The molecule has 3 amide bonds. The molecule has 0 radical (unpaired) electrons. The fraction of sp³-hybridized carbons (Fsp3) is 0.385. The maximum absolute atomic E-state index is 13.3. The van der Waals surface area contributed by atoms with Crippen molar-refractivity contribution in [2.45, 2.75) is 44.7 Å². The second-order valence-corrected chi connectivity index (χ2v) is 9.76. The number of benzodiazepines with no additional fused rings is 1. The quantitative estimate of drug-likeness (QED) is 0.348. The number of para-hydroxylation sites is 1. The number of nitrogens with zero attached hydrogens (tertiary/aromatic N) is 1. The van der Waals surface area contributed by atoms with E-state index in [1.807, 2.05) is 0 Å². The molecule has 4 N–H and O–H groups in total. The van der Waals surface area contributed by atoms with Gasteiger partial charge in [-0.15, -0.1) is 0 Å². The van der Waals surface area contributed by atoms with E-state index in [2.05, 4.69) is 15.6 Å². The monoisotopic (exact) mass is 590 g/mol. The average molecular weight is 591 g/mol. The molecule has 7 nitrogen and oxygen atoms in total. The van der Waals surface area contributed by atoms with Gasteiger partial charge in [0.1, 0.15) is 0 Å². The summed E-state index contributed by atoms with van der Waals surface area (Å²) in [5.41, 5.74) is 6.52. The molecule has 0 saturated heterocycles. The Morgan fingerprint density at radius 3 is 2.27 bits per heavy atom. The number of hydrogen-bond donors (Lipinski definition) is 3. The first kappa shape index (κ1) is 30.9. The van der Waals surface area contributed by atoms with Crippen LogP contribution < -0.4 is 16.4 Å². The summed E-state index contributed by atoms with van der Waals surface area (Å²) in [7, 11) is 0. The van der Waals surface area contributed by atoms with Crippen molar-refractivity contribution < 1.29 is 40.7 Å². The fourth-order valence-corrected chi connectivity index (χ4v) is 4.51. The molecule has 1 aliphatic rings. The lowest BCUT2D eigenvalue weighted by atomic mass is 9.80. The van der Waals surface area contributed by atoms with Gasteiger partial charge >= 0.3 is 12.4 Å². The molecule has 2 aromatic carbocycles. The van der Waals surface area contributed by atoms with Crippen LogP contribution in [-0.4, -0.2) is 42.0 Å². The van der Waals surface area contributed by atoms with Gasteiger partial charge in [0.25, 0.3) is 5.91 Å². The molecule has 3 rings (SSSR count). The van der Waals surface area contributed by atoms with E-state index in [1.54, 1.807) is 42.5 Å². The maximum atomic E-state index is 13.3. The van der Waals surface area contributed by atoms with E-state index in [-0.39, 0.29) is 16.4 Å². The molecule has 4 atom stereocenters. The number of aliphatic imine (C=N–C) groups is 1. The summed E-state index contributed by atoms with van der Waals surface area (Å²) in [4.78, 5) is 42.9. The highest BCUT2D eigenvalue weighted by Gasteiger charge is 2.44. The van der Waals surface area contributed by atoms with Crippen LogP contribution in [0, 0.1) is 17.8 Å². The van der Waals surface area contributed by atoms with Crippen LogP contribution >= 0.6 is 11.6 Å². The number of nitrogens with two attached hydrogens (primary N) is 1. The molecule has 14 heteroatoms. The molecule has 1 heterocycles. The molecule has 0 unspecified atom stereocenters. The summed E-state index contributed by atoms with van der Waals surface area (Å²) in [5.74, 6) is -9.56. The number of hydrogen-bond acceptors (Lipinski definition) is 4. The first-order valence-corrected chi connectivity index (χ1v) is 12.4. The van der Waals surface area contributed by atoms with Gasteiger partial charge in [-0.05, 0) is 18.9 Å². The summed E-state index contributed by atoms with van der Waals surface area (Å²) < 4.78 is 78.9. The number of amides is 3. The van der Waals surface area contributed by atoms with Crippen LogP contribution in [0.1, 0.15) is 37.3 Å². The Morgan fingerprint density at radius 2 is 1.70 bits per heavy atom. The molecule has 216 valence electrons. The van der Waals surface area contributed by atoms with Crippen LogP contribution in [0.4, 0.5) is 32.0 Å². The highest BCUT2D eigenvalue weighted by molar-refractivity contribution is 6.36. The van der Waals surface area contributed by atoms with Gasteiger partial charge in [-0.1, -0.05) is 61.0 Å². The molecule has 1 aliphatic heterocycles. The Labute approximate surface area is 230 Å². The third-order valence-corrected chi connectivity index (χ3v) is 6.76. The van der Waals surface area contributed by atoms with E-state index in [0.29, 0.717) is 11.1 Å². The van der Waals surface area contributed by atoms with Crippen molar-refractivity contribution in [2.24, 2.45) is 28.5 Å². The zero-order valence-corrected chi connectivity index (χ0v) is 21.7. The van der Waals surface area contributed by atoms with Crippen molar-refractivity contribution in [1.82, 2.24) is 5.32 Å². The average Bonchev–Trinajstić information content (AvgIpc) is 2.99. The highest BCUT2D eigenvalue weighted by Crippen LogP contribution is 2.36. The van der Waals surface area contributed by atoms with Crippen LogP contribution in [0.2, 0.25) is 5.02 Å². The minimum absolute atomic E-state index is 0.138. The minimum Gasteiger partial charge on any atom is -0.369 e. The van der Waals surface area contributed by atoms with Crippen molar-refractivity contribution in [3.8, 4) is 0 Å². The zero-order chi connectivity index (χ0) is 29.8. The van der Waals surface area contributed by atoms with E-state index in [4.69, 9.17) is 17.3 Å². The minimum atomic E-state index is -4.79.